The molecule has 558 valence electrons. The molecule has 0 saturated carbocycles. The van der Waals surface area contributed by atoms with Crippen LogP contribution in [-0.4, -0.2) is 96.7 Å². The van der Waals surface area contributed by atoms with Gasteiger partial charge in [0, 0.05) is 25.7 Å². The predicted octanol–water partition coefficient (Wildman–Crippen LogP) is 21.9. The van der Waals surface area contributed by atoms with E-state index in [1.807, 2.05) is 0 Å². The monoisotopic (exact) mass is 1380 g/mol. The van der Waals surface area contributed by atoms with Crippen molar-refractivity contribution in [3.05, 3.63) is 0 Å². The number of hydrogen-bond donors (Lipinski definition) is 3. The first-order chi connectivity index (χ1) is 45.4. The molecule has 17 nitrogen and oxygen atoms in total. The molecule has 0 spiro atoms. The third kappa shape index (κ3) is 67.3. The lowest BCUT2D eigenvalue weighted by Gasteiger charge is -2.21. The molecule has 3 unspecified atom stereocenters. The largest absolute Gasteiger partial charge is 0.472 e. The molecule has 0 aliphatic rings. The highest BCUT2D eigenvalue weighted by Crippen LogP contribution is 2.45. The zero-order valence-electron chi connectivity index (χ0n) is 61.3. The molecule has 0 aliphatic heterocycles. The third-order valence-corrected chi connectivity index (χ3v) is 19.7. The smallest absolute Gasteiger partial charge is 0.462 e. The number of rotatable bonds is 74. The van der Waals surface area contributed by atoms with Crippen LogP contribution >= 0.6 is 15.6 Å². The molecule has 3 N–H and O–H groups in total. The van der Waals surface area contributed by atoms with Gasteiger partial charge in [-0.15, -0.1) is 0 Å². The molecule has 0 aliphatic carbocycles. The number of phosphoric acid groups is 2. The van der Waals surface area contributed by atoms with Crippen molar-refractivity contribution >= 4 is 39.5 Å². The van der Waals surface area contributed by atoms with Crippen LogP contribution in [0.25, 0.3) is 0 Å². The number of ether oxygens (including phenoxy) is 4. The van der Waals surface area contributed by atoms with Crippen molar-refractivity contribution in [3.63, 3.8) is 0 Å². The molecule has 0 aromatic heterocycles. The molecule has 0 fully saturated rings. The van der Waals surface area contributed by atoms with Gasteiger partial charge in [-0.2, -0.15) is 0 Å². The Labute approximate surface area is 575 Å². The summed E-state index contributed by atoms with van der Waals surface area (Å²) in [7, 11) is -9.91. The van der Waals surface area contributed by atoms with E-state index >= 15 is 0 Å². The Morgan fingerprint density at radius 2 is 0.543 bits per heavy atom. The number of aliphatic hydroxyl groups is 1. The van der Waals surface area contributed by atoms with Crippen LogP contribution in [0.15, 0.2) is 0 Å². The first kappa shape index (κ1) is 92.1. The van der Waals surface area contributed by atoms with E-state index in [-0.39, 0.29) is 25.7 Å². The van der Waals surface area contributed by atoms with Gasteiger partial charge in [0.2, 0.25) is 0 Å². The van der Waals surface area contributed by atoms with E-state index < -0.39 is 97.5 Å². The van der Waals surface area contributed by atoms with Crippen molar-refractivity contribution in [3.8, 4) is 0 Å². The maximum Gasteiger partial charge on any atom is 0.472 e. The average Bonchev–Trinajstić information content (AvgIpc) is 1.52. The number of phosphoric ester groups is 2. The molecule has 0 heterocycles. The first-order valence-electron chi connectivity index (χ1n) is 39.0. The normalized spacial score (nSPS) is 14.3. The Morgan fingerprint density at radius 3 is 0.809 bits per heavy atom. The topological polar surface area (TPSA) is 237 Å². The van der Waals surface area contributed by atoms with Crippen molar-refractivity contribution in [2.75, 3.05) is 39.6 Å². The summed E-state index contributed by atoms with van der Waals surface area (Å²) >= 11 is 0. The quantitative estimate of drug-likeness (QED) is 0.0222. The minimum atomic E-state index is -4.96. The summed E-state index contributed by atoms with van der Waals surface area (Å²) in [5.74, 6) is -0.614. The molecule has 0 radical (unpaired) electrons. The highest BCUT2D eigenvalue weighted by atomic mass is 31.2. The van der Waals surface area contributed by atoms with Gasteiger partial charge in [0.1, 0.15) is 19.3 Å². The van der Waals surface area contributed by atoms with Crippen LogP contribution in [0.5, 0.6) is 0 Å². The number of hydrogen-bond acceptors (Lipinski definition) is 15. The van der Waals surface area contributed by atoms with Gasteiger partial charge in [-0.3, -0.25) is 37.3 Å². The lowest BCUT2D eigenvalue weighted by Crippen LogP contribution is -2.30. The highest BCUT2D eigenvalue weighted by molar-refractivity contribution is 7.47. The van der Waals surface area contributed by atoms with Gasteiger partial charge in [-0.1, -0.05) is 337 Å². The van der Waals surface area contributed by atoms with Crippen molar-refractivity contribution in [1.82, 2.24) is 0 Å². The van der Waals surface area contributed by atoms with Gasteiger partial charge in [-0.05, 0) is 37.5 Å². The molecule has 6 atom stereocenters. The zero-order valence-corrected chi connectivity index (χ0v) is 63.1. The Balaban J connectivity index is 5.25. The van der Waals surface area contributed by atoms with E-state index in [2.05, 4.69) is 41.5 Å². The second kappa shape index (κ2) is 66.9. The number of unbranched alkanes of at least 4 members (excludes halogenated alkanes) is 43. The van der Waals surface area contributed by atoms with Gasteiger partial charge >= 0.3 is 39.5 Å². The van der Waals surface area contributed by atoms with Crippen LogP contribution < -0.4 is 0 Å². The number of carbonyl (C=O) groups is 4. The van der Waals surface area contributed by atoms with E-state index in [4.69, 9.17) is 37.0 Å². The zero-order chi connectivity index (χ0) is 69.3. The van der Waals surface area contributed by atoms with Gasteiger partial charge in [0.05, 0.1) is 26.4 Å². The molecule has 19 heteroatoms. The van der Waals surface area contributed by atoms with Crippen LogP contribution in [0.4, 0.5) is 0 Å². The fourth-order valence-electron chi connectivity index (χ4n) is 11.4. The van der Waals surface area contributed by atoms with E-state index in [1.165, 1.54) is 199 Å². The molecule has 0 aromatic carbocycles. The van der Waals surface area contributed by atoms with E-state index in [9.17, 15) is 43.2 Å². The number of aliphatic hydroxyl groups excluding tert-OH is 1. The molecule has 0 aromatic rings. The summed E-state index contributed by atoms with van der Waals surface area (Å²) in [6, 6.07) is 0. The van der Waals surface area contributed by atoms with E-state index in [0.717, 1.165) is 108 Å². The Hall–Kier alpha value is -1.94. The minimum Gasteiger partial charge on any atom is -0.462 e. The maximum atomic E-state index is 13.1. The molecule has 0 rings (SSSR count). The van der Waals surface area contributed by atoms with E-state index in [0.29, 0.717) is 25.7 Å². The Morgan fingerprint density at radius 1 is 0.309 bits per heavy atom. The van der Waals surface area contributed by atoms with Crippen LogP contribution in [0.3, 0.4) is 0 Å². The van der Waals surface area contributed by atoms with Crippen molar-refractivity contribution in [2.24, 2.45) is 11.8 Å². The van der Waals surface area contributed by atoms with Crippen LogP contribution in [0.2, 0.25) is 0 Å². The van der Waals surface area contributed by atoms with Crippen LogP contribution in [0.1, 0.15) is 388 Å². The summed E-state index contributed by atoms with van der Waals surface area (Å²) in [5.41, 5.74) is 0. The fourth-order valence-corrected chi connectivity index (χ4v) is 13.0. The molecule has 94 heavy (non-hydrogen) atoms. The second-order valence-electron chi connectivity index (χ2n) is 27.8. The first-order valence-corrected chi connectivity index (χ1v) is 42.0. The molecular formula is C75H146O17P2. The maximum absolute atomic E-state index is 13.1. The second-order valence-corrected chi connectivity index (χ2v) is 30.7. The standard InChI is InChI=1S/C75H146O17P2/c1-7-10-12-14-16-18-20-22-23-24-25-27-31-36-40-48-54-60-74(79)91-70(63-85-72(77)57-51-45-38-34-32-28-29-33-37-43-49-55-67(4)5)65-89-93(81,82)87-61-69(76)62-88-94(83,84)90-66-71(64-86-73(78)58-52-46-42-41-44-50-56-68(6)9-3)92-75(80)59-53-47-39-35-30-26-21-19-17-15-13-11-8-2/h67-71,76H,7-66H2,1-6H3,(H,81,82)(H,83,84)/t68?,69-,70-,71-/m1/s1. The summed E-state index contributed by atoms with van der Waals surface area (Å²) in [4.78, 5) is 72.8. The van der Waals surface area contributed by atoms with Gasteiger partial charge in [0.15, 0.2) is 12.2 Å². The summed E-state index contributed by atoms with van der Waals surface area (Å²) < 4.78 is 68.5. The lowest BCUT2D eigenvalue weighted by atomic mass is 10.00. The molecule has 0 amide bonds. The molecule has 0 saturated heterocycles. The van der Waals surface area contributed by atoms with Crippen molar-refractivity contribution in [1.29, 1.82) is 0 Å². The van der Waals surface area contributed by atoms with E-state index in [1.54, 1.807) is 0 Å². The average molecular weight is 1380 g/mol. The lowest BCUT2D eigenvalue weighted by molar-refractivity contribution is -0.161. The van der Waals surface area contributed by atoms with Gasteiger partial charge in [0.25, 0.3) is 0 Å². The highest BCUT2D eigenvalue weighted by Gasteiger charge is 2.30. The minimum absolute atomic E-state index is 0.107. The van der Waals surface area contributed by atoms with Gasteiger partial charge < -0.3 is 33.8 Å². The van der Waals surface area contributed by atoms with Crippen LogP contribution in [-0.2, 0) is 65.4 Å². The fraction of sp³-hybridized carbons (Fsp3) is 0.947. The Bertz CT molecular complexity index is 1820. The predicted molar refractivity (Wildman–Crippen MR) is 381 cm³/mol. The third-order valence-electron chi connectivity index (χ3n) is 17.8. The summed E-state index contributed by atoms with van der Waals surface area (Å²) in [6.45, 7) is 9.56. The molecular weight excluding hydrogens is 1230 g/mol. The number of carbonyl (C=O) groups excluding carboxylic acids is 4. The molecule has 0 bridgehead atoms. The van der Waals surface area contributed by atoms with Crippen LogP contribution in [0, 0.1) is 11.8 Å². The summed E-state index contributed by atoms with van der Waals surface area (Å²) in [5, 5.41) is 10.6. The van der Waals surface area contributed by atoms with Crippen molar-refractivity contribution < 1.29 is 80.2 Å². The summed E-state index contributed by atoms with van der Waals surface area (Å²) in [6.07, 6.45) is 54.0. The SMILES string of the molecule is CCCCCCCCCCCCCCCCCCCC(=O)O[C@H](COC(=O)CCCCCCCCCCCCCC(C)C)COP(=O)(O)OC[C@@H](O)COP(=O)(O)OC[C@@H](COC(=O)CCCCCCCCC(C)CC)OC(=O)CCCCCCCCCCCCCCC. The number of esters is 4. The van der Waals surface area contributed by atoms with Crippen molar-refractivity contribution in [2.45, 2.75) is 407 Å². The Kier molecular flexibility index (Phi) is 65.5. The van der Waals surface area contributed by atoms with Gasteiger partial charge in [-0.25, -0.2) is 9.13 Å².